The number of hydrogen-bond donors (Lipinski definition) is 1. The number of carbonyl (C=O) groups excluding carboxylic acids is 1. The van der Waals surface area contributed by atoms with Crippen molar-refractivity contribution < 1.29 is 9.32 Å². The van der Waals surface area contributed by atoms with Gasteiger partial charge in [0.2, 0.25) is 5.91 Å². The second-order valence-corrected chi connectivity index (χ2v) is 6.36. The number of hydrogen-bond acceptors (Lipinski definition) is 5. The summed E-state index contributed by atoms with van der Waals surface area (Å²) in [7, 11) is 0. The van der Waals surface area contributed by atoms with Gasteiger partial charge in [-0.05, 0) is 44.9 Å². The standard InChI is InChI=1S/C18H24N4O2/c1-13-16(14(2)24-21-13)11-20-18(23)17-7-3-4-9-22(17)12-15-6-5-8-19-10-15/h5-6,8,10,17H,3-4,7,9,11-12H2,1-2H3,(H,20,23)/t17-/m0/s1. The molecule has 0 unspecified atom stereocenters. The quantitative estimate of drug-likeness (QED) is 0.912. The van der Waals surface area contributed by atoms with E-state index < -0.39 is 0 Å². The second kappa shape index (κ2) is 7.57. The van der Waals surface area contributed by atoms with Gasteiger partial charge in [-0.2, -0.15) is 0 Å². The zero-order valence-corrected chi connectivity index (χ0v) is 14.3. The van der Waals surface area contributed by atoms with E-state index in [2.05, 4.69) is 26.4 Å². The summed E-state index contributed by atoms with van der Waals surface area (Å²) in [5, 5.41) is 6.99. The molecule has 1 N–H and O–H groups in total. The van der Waals surface area contributed by atoms with E-state index in [9.17, 15) is 4.79 Å². The zero-order valence-electron chi connectivity index (χ0n) is 14.3. The molecule has 1 amide bonds. The number of carbonyl (C=O) groups is 1. The summed E-state index contributed by atoms with van der Waals surface area (Å²) in [6.45, 7) is 5.94. The number of piperidine rings is 1. The summed E-state index contributed by atoms with van der Waals surface area (Å²) in [6, 6.07) is 3.91. The number of pyridine rings is 1. The molecule has 1 aliphatic heterocycles. The van der Waals surface area contributed by atoms with Gasteiger partial charge in [0, 0.05) is 31.0 Å². The highest BCUT2D eigenvalue weighted by atomic mass is 16.5. The van der Waals surface area contributed by atoms with Crippen LogP contribution in [0.25, 0.3) is 0 Å². The first-order chi connectivity index (χ1) is 11.6. The van der Waals surface area contributed by atoms with Crippen LogP contribution in [0.4, 0.5) is 0 Å². The second-order valence-electron chi connectivity index (χ2n) is 6.36. The highest BCUT2D eigenvalue weighted by Crippen LogP contribution is 2.20. The first-order valence-electron chi connectivity index (χ1n) is 8.47. The fourth-order valence-corrected chi connectivity index (χ4v) is 3.25. The Hall–Kier alpha value is -2.21. The van der Waals surface area contributed by atoms with Gasteiger partial charge in [-0.15, -0.1) is 0 Å². The molecule has 1 aliphatic rings. The van der Waals surface area contributed by atoms with Crippen LogP contribution in [-0.4, -0.2) is 33.5 Å². The Bertz CT molecular complexity index is 664. The van der Waals surface area contributed by atoms with Crippen LogP contribution in [0.3, 0.4) is 0 Å². The van der Waals surface area contributed by atoms with Gasteiger partial charge in [-0.3, -0.25) is 14.7 Å². The number of likely N-dealkylation sites (tertiary alicyclic amines) is 1. The number of rotatable bonds is 5. The monoisotopic (exact) mass is 328 g/mol. The van der Waals surface area contributed by atoms with Crippen molar-refractivity contribution in [2.75, 3.05) is 6.54 Å². The first kappa shape index (κ1) is 16.6. The van der Waals surface area contributed by atoms with Crippen LogP contribution in [-0.2, 0) is 17.9 Å². The molecule has 3 rings (SSSR count). The van der Waals surface area contributed by atoms with Gasteiger partial charge in [-0.1, -0.05) is 17.6 Å². The van der Waals surface area contributed by atoms with E-state index in [1.54, 1.807) is 6.20 Å². The molecule has 0 radical (unpaired) electrons. The number of aryl methyl sites for hydroxylation is 2. The predicted octanol–water partition coefficient (Wildman–Crippen LogP) is 2.36. The lowest BCUT2D eigenvalue weighted by molar-refractivity contribution is -0.128. The summed E-state index contributed by atoms with van der Waals surface area (Å²) < 4.78 is 5.15. The molecule has 1 atom stereocenters. The molecule has 0 bridgehead atoms. The van der Waals surface area contributed by atoms with Gasteiger partial charge in [0.25, 0.3) is 0 Å². The van der Waals surface area contributed by atoms with Gasteiger partial charge in [0.05, 0.1) is 11.7 Å². The molecule has 128 valence electrons. The van der Waals surface area contributed by atoms with Crippen molar-refractivity contribution in [1.29, 1.82) is 0 Å². The Morgan fingerprint density at radius 3 is 3.00 bits per heavy atom. The van der Waals surface area contributed by atoms with E-state index in [0.29, 0.717) is 6.54 Å². The van der Waals surface area contributed by atoms with E-state index in [0.717, 1.165) is 54.9 Å². The maximum atomic E-state index is 12.7. The fourth-order valence-electron chi connectivity index (χ4n) is 3.25. The average molecular weight is 328 g/mol. The smallest absolute Gasteiger partial charge is 0.237 e. The molecule has 3 heterocycles. The molecule has 0 aromatic carbocycles. The molecular weight excluding hydrogens is 304 g/mol. The lowest BCUT2D eigenvalue weighted by atomic mass is 10.0. The molecule has 1 fully saturated rings. The van der Waals surface area contributed by atoms with Gasteiger partial charge in [0.15, 0.2) is 0 Å². The third-order valence-electron chi connectivity index (χ3n) is 4.65. The molecule has 1 saturated heterocycles. The highest BCUT2D eigenvalue weighted by molar-refractivity contribution is 5.81. The average Bonchev–Trinajstić information content (AvgIpc) is 2.92. The minimum atomic E-state index is -0.0839. The van der Waals surface area contributed by atoms with E-state index in [-0.39, 0.29) is 11.9 Å². The van der Waals surface area contributed by atoms with Crippen LogP contribution in [0, 0.1) is 13.8 Å². The minimum absolute atomic E-state index is 0.0820. The largest absolute Gasteiger partial charge is 0.361 e. The lowest BCUT2D eigenvalue weighted by Gasteiger charge is -2.34. The van der Waals surface area contributed by atoms with Crippen LogP contribution in [0.1, 0.15) is 41.8 Å². The maximum Gasteiger partial charge on any atom is 0.237 e. The summed E-state index contributed by atoms with van der Waals surface area (Å²) in [6.07, 6.45) is 6.76. The van der Waals surface area contributed by atoms with Gasteiger partial charge < -0.3 is 9.84 Å². The topological polar surface area (TPSA) is 71.3 Å². The Balaban J connectivity index is 1.63. The van der Waals surface area contributed by atoms with Crippen LogP contribution in [0.2, 0.25) is 0 Å². The van der Waals surface area contributed by atoms with Gasteiger partial charge in [-0.25, -0.2) is 0 Å². The van der Waals surface area contributed by atoms with Crippen molar-refractivity contribution in [2.45, 2.75) is 52.2 Å². The fraction of sp³-hybridized carbons (Fsp3) is 0.500. The molecule has 6 nitrogen and oxygen atoms in total. The third-order valence-corrected chi connectivity index (χ3v) is 4.65. The van der Waals surface area contributed by atoms with Crippen molar-refractivity contribution in [2.24, 2.45) is 0 Å². The van der Waals surface area contributed by atoms with Crippen molar-refractivity contribution in [3.63, 3.8) is 0 Å². The predicted molar refractivity (Wildman–Crippen MR) is 90.1 cm³/mol. The van der Waals surface area contributed by atoms with Crippen LogP contribution in [0.15, 0.2) is 29.0 Å². The molecule has 0 spiro atoms. The SMILES string of the molecule is Cc1noc(C)c1CNC(=O)[C@@H]1CCCCN1Cc1cccnc1. The first-order valence-corrected chi connectivity index (χ1v) is 8.47. The summed E-state index contributed by atoms with van der Waals surface area (Å²) >= 11 is 0. The Kier molecular flexibility index (Phi) is 5.25. The molecule has 0 saturated carbocycles. The van der Waals surface area contributed by atoms with E-state index in [1.807, 2.05) is 26.1 Å². The maximum absolute atomic E-state index is 12.7. The van der Waals surface area contributed by atoms with Gasteiger partial charge >= 0.3 is 0 Å². The van der Waals surface area contributed by atoms with Crippen molar-refractivity contribution >= 4 is 5.91 Å². The van der Waals surface area contributed by atoms with E-state index in [4.69, 9.17) is 4.52 Å². The van der Waals surface area contributed by atoms with E-state index >= 15 is 0 Å². The molecule has 0 aliphatic carbocycles. The van der Waals surface area contributed by atoms with E-state index in [1.165, 1.54) is 0 Å². The van der Waals surface area contributed by atoms with Crippen molar-refractivity contribution in [1.82, 2.24) is 20.4 Å². The third kappa shape index (κ3) is 3.82. The molecule has 2 aromatic heterocycles. The van der Waals surface area contributed by atoms with Crippen molar-refractivity contribution in [3.8, 4) is 0 Å². The lowest BCUT2D eigenvalue weighted by Crippen LogP contribution is -2.48. The number of aromatic nitrogens is 2. The van der Waals surface area contributed by atoms with Gasteiger partial charge in [0.1, 0.15) is 5.76 Å². The summed E-state index contributed by atoms with van der Waals surface area (Å²) in [5.41, 5.74) is 2.95. The Morgan fingerprint density at radius 1 is 1.42 bits per heavy atom. The van der Waals surface area contributed by atoms with Crippen LogP contribution >= 0.6 is 0 Å². The minimum Gasteiger partial charge on any atom is -0.361 e. The molecule has 24 heavy (non-hydrogen) atoms. The summed E-state index contributed by atoms with van der Waals surface area (Å²) in [5.74, 6) is 0.849. The number of amides is 1. The summed E-state index contributed by atoms with van der Waals surface area (Å²) in [4.78, 5) is 19.1. The van der Waals surface area contributed by atoms with Crippen molar-refractivity contribution in [3.05, 3.63) is 47.1 Å². The Labute approximate surface area is 142 Å². The van der Waals surface area contributed by atoms with Crippen LogP contribution in [0.5, 0.6) is 0 Å². The normalized spacial score (nSPS) is 18.5. The number of nitrogens with zero attached hydrogens (tertiary/aromatic N) is 3. The molecule has 2 aromatic rings. The number of nitrogens with one attached hydrogen (secondary N) is 1. The highest BCUT2D eigenvalue weighted by Gasteiger charge is 2.28. The molecule has 6 heteroatoms. The zero-order chi connectivity index (χ0) is 16.9. The van der Waals surface area contributed by atoms with Crippen LogP contribution < -0.4 is 5.32 Å². The molecular formula is C18H24N4O2. The Morgan fingerprint density at radius 2 is 2.29 bits per heavy atom.